The molecule has 0 aromatic carbocycles. The van der Waals surface area contributed by atoms with Gasteiger partial charge in [-0.15, -0.1) is 0 Å². The van der Waals surface area contributed by atoms with Crippen LogP contribution in [0.5, 0.6) is 0 Å². The van der Waals surface area contributed by atoms with E-state index in [1.807, 2.05) is 0 Å². The van der Waals surface area contributed by atoms with E-state index in [9.17, 15) is 14.4 Å². The number of rotatable bonds is 47. The molecule has 368 valence electrons. The number of unbranched alkanes of at least 4 members (excludes halogenated alkanes) is 17. The zero-order chi connectivity index (χ0) is 45.7. The number of ether oxygens (including phenoxy) is 4. The van der Waals surface area contributed by atoms with Gasteiger partial charge in [0.05, 0.1) is 6.61 Å². The summed E-state index contributed by atoms with van der Waals surface area (Å²) in [6.07, 6.45) is 33.2. The molecule has 0 aliphatic heterocycles. The third kappa shape index (κ3) is 38.6. The fourth-order valence-electron chi connectivity index (χ4n) is 8.44. The number of carbonyl (C=O) groups is 3. The Morgan fingerprint density at radius 3 is 1.32 bits per heavy atom. The lowest BCUT2D eigenvalue weighted by molar-refractivity contribution is -0.146. The Morgan fingerprint density at radius 1 is 0.403 bits per heavy atom. The maximum atomic E-state index is 13.1. The fourth-order valence-corrected chi connectivity index (χ4v) is 8.44. The molecule has 1 atom stereocenters. The van der Waals surface area contributed by atoms with Gasteiger partial charge < -0.3 is 23.8 Å². The van der Waals surface area contributed by atoms with Gasteiger partial charge >= 0.3 is 18.1 Å². The predicted octanol–water partition coefficient (Wildman–Crippen LogP) is 14.7. The zero-order valence-electron chi connectivity index (χ0n) is 42.3. The Balaban J connectivity index is 5.13. The van der Waals surface area contributed by atoms with Crippen molar-refractivity contribution >= 4 is 18.1 Å². The predicted molar refractivity (Wildman–Crippen MR) is 261 cm³/mol. The van der Waals surface area contributed by atoms with E-state index in [4.69, 9.17) is 18.9 Å². The SMILES string of the molecule is CCCCCCCC(CCCCCCC)CC(=O)OCCN(CCOC(=O)OC(CCCCCC)CCCC(=O)OCC(CCCCCC)CCCCCC)CCN(CC)CC. The van der Waals surface area contributed by atoms with Gasteiger partial charge in [0, 0.05) is 39.0 Å². The number of carbonyl (C=O) groups excluding carboxylic acids is 3. The van der Waals surface area contributed by atoms with E-state index in [0.29, 0.717) is 63.8 Å². The summed E-state index contributed by atoms with van der Waals surface area (Å²) in [5.41, 5.74) is 0. The Kier molecular flexibility index (Phi) is 44.3. The van der Waals surface area contributed by atoms with Gasteiger partial charge in [0.25, 0.3) is 0 Å². The molecule has 0 heterocycles. The first-order valence-electron chi connectivity index (χ1n) is 26.9. The summed E-state index contributed by atoms with van der Waals surface area (Å²) in [6, 6.07) is 0. The average molecular weight is 881 g/mol. The molecule has 0 aromatic heterocycles. The monoisotopic (exact) mass is 881 g/mol. The summed E-state index contributed by atoms with van der Waals surface area (Å²) >= 11 is 0. The topological polar surface area (TPSA) is 94.6 Å². The second-order valence-electron chi connectivity index (χ2n) is 18.4. The van der Waals surface area contributed by atoms with Gasteiger partial charge in [-0.1, -0.05) is 183 Å². The van der Waals surface area contributed by atoms with Crippen molar-refractivity contribution < 1.29 is 33.3 Å². The van der Waals surface area contributed by atoms with Crippen LogP contribution in [0.4, 0.5) is 4.79 Å². The van der Waals surface area contributed by atoms with Crippen LogP contribution in [-0.4, -0.2) is 93.1 Å². The Morgan fingerprint density at radius 2 is 0.823 bits per heavy atom. The largest absolute Gasteiger partial charge is 0.508 e. The minimum atomic E-state index is -0.646. The van der Waals surface area contributed by atoms with Crippen LogP contribution in [0.2, 0.25) is 0 Å². The van der Waals surface area contributed by atoms with Crippen molar-refractivity contribution in [2.75, 3.05) is 59.1 Å². The highest BCUT2D eigenvalue weighted by molar-refractivity contribution is 5.69. The van der Waals surface area contributed by atoms with Gasteiger partial charge in [-0.3, -0.25) is 14.5 Å². The third-order valence-corrected chi connectivity index (χ3v) is 12.8. The maximum absolute atomic E-state index is 13.1. The normalized spacial score (nSPS) is 12.2. The fraction of sp³-hybridized carbons (Fsp3) is 0.943. The van der Waals surface area contributed by atoms with Crippen LogP contribution in [0, 0.1) is 11.8 Å². The van der Waals surface area contributed by atoms with E-state index in [1.54, 1.807) is 0 Å². The van der Waals surface area contributed by atoms with Crippen molar-refractivity contribution in [1.29, 1.82) is 0 Å². The van der Waals surface area contributed by atoms with Gasteiger partial charge in [-0.05, 0) is 76.3 Å². The molecule has 9 heteroatoms. The summed E-state index contributed by atoms with van der Waals surface area (Å²) < 4.78 is 23.2. The lowest BCUT2D eigenvalue weighted by atomic mass is 9.91. The van der Waals surface area contributed by atoms with Crippen molar-refractivity contribution in [3.8, 4) is 0 Å². The molecule has 0 radical (unpaired) electrons. The van der Waals surface area contributed by atoms with Gasteiger partial charge in [-0.2, -0.15) is 0 Å². The summed E-state index contributed by atoms with van der Waals surface area (Å²) in [7, 11) is 0. The molecule has 0 bridgehead atoms. The molecule has 0 spiro atoms. The van der Waals surface area contributed by atoms with Crippen molar-refractivity contribution in [2.45, 2.75) is 254 Å². The number of hydrogen-bond donors (Lipinski definition) is 0. The van der Waals surface area contributed by atoms with E-state index in [1.165, 1.54) is 116 Å². The van der Waals surface area contributed by atoms with Crippen LogP contribution < -0.4 is 0 Å². The average Bonchev–Trinajstić information content (AvgIpc) is 3.26. The van der Waals surface area contributed by atoms with Crippen LogP contribution in [-0.2, 0) is 28.5 Å². The molecule has 1 unspecified atom stereocenters. The molecule has 0 saturated heterocycles. The maximum Gasteiger partial charge on any atom is 0.508 e. The van der Waals surface area contributed by atoms with E-state index in [2.05, 4.69) is 58.3 Å². The highest BCUT2D eigenvalue weighted by atomic mass is 16.7. The highest BCUT2D eigenvalue weighted by Gasteiger charge is 2.20. The van der Waals surface area contributed by atoms with Crippen LogP contribution in [0.3, 0.4) is 0 Å². The Bertz CT molecular complexity index is 967. The van der Waals surface area contributed by atoms with Gasteiger partial charge in [-0.25, -0.2) is 4.79 Å². The van der Waals surface area contributed by atoms with Crippen molar-refractivity contribution in [2.24, 2.45) is 11.8 Å². The first-order chi connectivity index (χ1) is 30.3. The molecule has 0 aliphatic rings. The lowest BCUT2D eigenvalue weighted by Crippen LogP contribution is -2.39. The third-order valence-electron chi connectivity index (χ3n) is 12.8. The van der Waals surface area contributed by atoms with Gasteiger partial charge in [0.15, 0.2) is 0 Å². The summed E-state index contributed by atoms with van der Waals surface area (Å²) in [6.45, 7) is 21.3. The van der Waals surface area contributed by atoms with Crippen LogP contribution in [0.25, 0.3) is 0 Å². The van der Waals surface area contributed by atoms with Gasteiger partial charge in [0.2, 0.25) is 0 Å². The van der Waals surface area contributed by atoms with E-state index >= 15 is 0 Å². The van der Waals surface area contributed by atoms with Crippen molar-refractivity contribution in [3.05, 3.63) is 0 Å². The van der Waals surface area contributed by atoms with E-state index < -0.39 is 6.16 Å². The van der Waals surface area contributed by atoms with E-state index in [0.717, 1.165) is 84.0 Å². The standard InChI is InChI=1S/C53H104N2O7/c1-8-15-20-25-29-33-48(34-30-26-21-16-9-2)46-52(57)59-44-42-55(41-40-54(13-6)14-7)43-45-60-53(58)62-50(37-31-24-19-12-5)38-32-39-51(56)61-47-49(35-27-22-17-10-3)36-28-23-18-11-4/h48-50H,8-47H2,1-7H3. The number of esters is 2. The molecule has 62 heavy (non-hydrogen) atoms. The number of hydrogen-bond acceptors (Lipinski definition) is 9. The number of nitrogens with zero attached hydrogens (tertiary/aromatic N) is 2. The van der Waals surface area contributed by atoms with Crippen molar-refractivity contribution in [1.82, 2.24) is 9.80 Å². The molecule has 0 aromatic rings. The lowest BCUT2D eigenvalue weighted by Gasteiger charge is -2.26. The van der Waals surface area contributed by atoms with Crippen LogP contribution >= 0.6 is 0 Å². The molecule has 0 fully saturated rings. The second-order valence-corrected chi connectivity index (χ2v) is 18.4. The minimum absolute atomic E-state index is 0.0846. The molecule has 9 nitrogen and oxygen atoms in total. The summed E-state index contributed by atoms with van der Waals surface area (Å²) in [5, 5.41) is 0. The molecular formula is C53H104N2O7. The Hall–Kier alpha value is -1.87. The smallest absolute Gasteiger partial charge is 0.465 e. The minimum Gasteiger partial charge on any atom is -0.465 e. The molecule has 0 N–H and O–H groups in total. The summed E-state index contributed by atoms with van der Waals surface area (Å²) in [5.74, 6) is 0.622. The molecule has 0 amide bonds. The molecule has 0 rings (SSSR count). The van der Waals surface area contributed by atoms with Crippen LogP contribution in [0.1, 0.15) is 248 Å². The molecule has 0 saturated carbocycles. The first kappa shape index (κ1) is 60.1. The van der Waals surface area contributed by atoms with Crippen LogP contribution in [0.15, 0.2) is 0 Å². The van der Waals surface area contributed by atoms with Crippen molar-refractivity contribution in [3.63, 3.8) is 0 Å². The first-order valence-corrected chi connectivity index (χ1v) is 26.9. The Labute approximate surface area is 384 Å². The zero-order valence-corrected chi connectivity index (χ0v) is 42.3. The molecular weight excluding hydrogens is 777 g/mol. The number of likely N-dealkylation sites (N-methyl/N-ethyl adjacent to an activating group) is 1. The van der Waals surface area contributed by atoms with Gasteiger partial charge in [0.1, 0.15) is 19.3 Å². The van der Waals surface area contributed by atoms with E-state index in [-0.39, 0.29) is 24.6 Å². The quantitative estimate of drug-likeness (QED) is 0.0336. The highest BCUT2D eigenvalue weighted by Crippen LogP contribution is 2.23. The second kappa shape index (κ2) is 45.7. The summed E-state index contributed by atoms with van der Waals surface area (Å²) in [4.78, 5) is 43.6. The molecule has 0 aliphatic carbocycles.